The number of benzene rings is 1. The second-order valence-electron chi connectivity index (χ2n) is 3.88. The SMILES string of the molecule is NC1(COc2ccccc2F)CCOC1. The van der Waals surface area contributed by atoms with Crippen LogP contribution in [-0.4, -0.2) is 25.4 Å². The maximum Gasteiger partial charge on any atom is 0.165 e. The number of hydrogen-bond acceptors (Lipinski definition) is 3. The lowest BCUT2D eigenvalue weighted by Gasteiger charge is -2.21. The molecule has 0 amide bonds. The van der Waals surface area contributed by atoms with Gasteiger partial charge in [-0.2, -0.15) is 0 Å². The van der Waals surface area contributed by atoms with E-state index in [1.54, 1.807) is 18.2 Å². The lowest BCUT2D eigenvalue weighted by atomic mass is 10.0. The fourth-order valence-corrected chi connectivity index (χ4v) is 1.52. The zero-order valence-corrected chi connectivity index (χ0v) is 8.41. The van der Waals surface area contributed by atoms with E-state index in [4.69, 9.17) is 15.2 Å². The van der Waals surface area contributed by atoms with E-state index < -0.39 is 5.54 Å². The second-order valence-corrected chi connectivity index (χ2v) is 3.88. The predicted octanol–water partition coefficient (Wildman–Crippen LogP) is 1.32. The highest BCUT2D eigenvalue weighted by atomic mass is 19.1. The Hall–Kier alpha value is -1.13. The van der Waals surface area contributed by atoms with Crippen LogP contribution in [0.15, 0.2) is 24.3 Å². The quantitative estimate of drug-likeness (QED) is 0.820. The summed E-state index contributed by atoms with van der Waals surface area (Å²) < 4.78 is 23.7. The molecule has 2 N–H and O–H groups in total. The Kier molecular flexibility index (Phi) is 2.88. The topological polar surface area (TPSA) is 44.5 Å². The molecular formula is C11H14FNO2. The minimum atomic E-state index is -0.470. The smallest absolute Gasteiger partial charge is 0.165 e. The molecule has 1 fully saturated rings. The Morgan fingerprint density at radius 2 is 2.27 bits per heavy atom. The Morgan fingerprint density at radius 1 is 1.47 bits per heavy atom. The molecule has 3 nitrogen and oxygen atoms in total. The highest BCUT2D eigenvalue weighted by Gasteiger charge is 2.31. The molecule has 0 aromatic heterocycles. The second kappa shape index (κ2) is 4.16. The van der Waals surface area contributed by atoms with E-state index in [1.807, 2.05) is 0 Å². The summed E-state index contributed by atoms with van der Waals surface area (Å²) in [4.78, 5) is 0. The first kappa shape index (κ1) is 10.4. The number of para-hydroxylation sites is 1. The molecule has 82 valence electrons. The molecule has 1 aliphatic rings. The molecule has 1 aliphatic heterocycles. The summed E-state index contributed by atoms with van der Waals surface area (Å²) in [5, 5.41) is 0. The van der Waals surface area contributed by atoms with Gasteiger partial charge in [0.2, 0.25) is 0 Å². The van der Waals surface area contributed by atoms with E-state index in [-0.39, 0.29) is 18.2 Å². The first-order valence-corrected chi connectivity index (χ1v) is 4.94. The minimum absolute atomic E-state index is 0.245. The first-order chi connectivity index (χ1) is 7.20. The molecule has 4 heteroatoms. The van der Waals surface area contributed by atoms with Gasteiger partial charge in [-0.15, -0.1) is 0 Å². The summed E-state index contributed by atoms with van der Waals surface area (Å²) in [7, 11) is 0. The molecule has 0 radical (unpaired) electrons. The first-order valence-electron chi connectivity index (χ1n) is 4.94. The van der Waals surface area contributed by atoms with Crippen LogP contribution >= 0.6 is 0 Å². The van der Waals surface area contributed by atoms with Crippen molar-refractivity contribution in [3.05, 3.63) is 30.1 Å². The van der Waals surface area contributed by atoms with Gasteiger partial charge in [0.15, 0.2) is 11.6 Å². The van der Waals surface area contributed by atoms with Gasteiger partial charge in [0, 0.05) is 6.61 Å². The van der Waals surface area contributed by atoms with Crippen LogP contribution in [0.2, 0.25) is 0 Å². The van der Waals surface area contributed by atoms with E-state index in [2.05, 4.69) is 0 Å². The normalized spacial score (nSPS) is 25.5. The van der Waals surface area contributed by atoms with Crippen LogP contribution in [0.4, 0.5) is 4.39 Å². The van der Waals surface area contributed by atoms with Gasteiger partial charge in [0.1, 0.15) is 6.61 Å². The van der Waals surface area contributed by atoms with Crippen molar-refractivity contribution in [1.82, 2.24) is 0 Å². The molecule has 0 saturated carbocycles. The van der Waals surface area contributed by atoms with Gasteiger partial charge >= 0.3 is 0 Å². The zero-order chi connectivity index (χ0) is 10.7. The van der Waals surface area contributed by atoms with Crippen molar-refractivity contribution >= 4 is 0 Å². The molecule has 0 aliphatic carbocycles. The molecule has 1 aromatic rings. The molecule has 2 rings (SSSR count). The van der Waals surface area contributed by atoms with Gasteiger partial charge < -0.3 is 15.2 Å². The van der Waals surface area contributed by atoms with Crippen molar-refractivity contribution in [2.24, 2.45) is 5.73 Å². The summed E-state index contributed by atoms with van der Waals surface area (Å²) >= 11 is 0. The predicted molar refractivity (Wildman–Crippen MR) is 54.2 cm³/mol. The average Bonchev–Trinajstić information content (AvgIpc) is 2.65. The van der Waals surface area contributed by atoms with E-state index in [1.165, 1.54) is 6.07 Å². The van der Waals surface area contributed by atoms with Gasteiger partial charge in [-0.3, -0.25) is 0 Å². The van der Waals surface area contributed by atoms with Crippen molar-refractivity contribution in [3.63, 3.8) is 0 Å². The van der Waals surface area contributed by atoms with Gasteiger partial charge in [-0.1, -0.05) is 12.1 Å². The van der Waals surface area contributed by atoms with Crippen molar-refractivity contribution in [1.29, 1.82) is 0 Å². The summed E-state index contributed by atoms with van der Waals surface area (Å²) in [6.45, 7) is 1.41. The summed E-state index contributed by atoms with van der Waals surface area (Å²) in [5.41, 5.74) is 5.51. The maximum atomic E-state index is 13.2. The van der Waals surface area contributed by atoms with Gasteiger partial charge in [0.05, 0.1) is 12.1 Å². The van der Waals surface area contributed by atoms with Gasteiger partial charge in [-0.25, -0.2) is 4.39 Å². The third-order valence-corrected chi connectivity index (χ3v) is 2.49. The highest BCUT2D eigenvalue weighted by Crippen LogP contribution is 2.20. The number of halogens is 1. The lowest BCUT2D eigenvalue weighted by Crippen LogP contribution is -2.46. The van der Waals surface area contributed by atoms with Gasteiger partial charge in [0.25, 0.3) is 0 Å². The van der Waals surface area contributed by atoms with E-state index in [0.717, 1.165) is 6.42 Å². The summed E-state index contributed by atoms with van der Waals surface area (Å²) in [5.74, 6) is -0.116. The highest BCUT2D eigenvalue weighted by molar-refractivity contribution is 5.23. The van der Waals surface area contributed by atoms with Crippen LogP contribution in [0.1, 0.15) is 6.42 Å². The molecular weight excluding hydrogens is 197 g/mol. The van der Waals surface area contributed by atoms with Crippen LogP contribution in [-0.2, 0) is 4.74 Å². The van der Waals surface area contributed by atoms with Crippen molar-refractivity contribution in [3.8, 4) is 5.75 Å². The molecule has 1 aromatic carbocycles. The molecule has 15 heavy (non-hydrogen) atoms. The Bertz CT molecular complexity index is 337. The Labute approximate surface area is 88.0 Å². The molecule has 1 saturated heterocycles. The standard InChI is InChI=1S/C11H14FNO2/c12-9-3-1-2-4-10(9)15-8-11(13)5-6-14-7-11/h1-4H,5-8,13H2. The van der Waals surface area contributed by atoms with E-state index >= 15 is 0 Å². The van der Waals surface area contributed by atoms with Crippen LogP contribution in [0.3, 0.4) is 0 Å². The van der Waals surface area contributed by atoms with Crippen LogP contribution < -0.4 is 10.5 Å². The summed E-state index contributed by atoms with van der Waals surface area (Å²) in [6, 6.07) is 6.31. The van der Waals surface area contributed by atoms with Crippen molar-refractivity contribution in [2.75, 3.05) is 19.8 Å². The van der Waals surface area contributed by atoms with Crippen LogP contribution in [0.25, 0.3) is 0 Å². The maximum absolute atomic E-state index is 13.2. The number of nitrogens with two attached hydrogens (primary N) is 1. The zero-order valence-electron chi connectivity index (χ0n) is 8.41. The molecule has 1 heterocycles. The molecule has 1 unspecified atom stereocenters. The van der Waals surface area contributed by atoms with Crippen molar-refractivity contribution in [2.45, 2.75) is 12.0 Å². The number of rotatable bonds is 3. The summed E-state index contributed by atoms with van der Waals surface area (Å²) in [6.07, 6.45) is 0.751. The molecule has 0 spiro atoms. The van der Waals surface area contributed by atoms with Crippen molar-refractivity contribution < 1.29 is 13.9 Å². The molecule has 1 atom stereocenters. The Balaban J connectivity index is 1.95. The fraction of sp³-hybridized carbons (Fsp3) is 0.455. The molecule has 0 bridgehead atoms. The third kappa shape index (κ3) is 2.46. The van der Waals surface area contributed by atoms with Crippen LogP contribution in [0.5, 0.6) is 5.75 Å². The van der Waals surface area contributed by atoms with Crippen LogP contribution in [0, 0.1) is 5.82 Å². The monoisotopic (exact) mass is 211 g/mol. The number of ether oxygens (including phenoxy) is 2. The third-order valence-electron chi connectivity index (χ3n) is 2.49. The fourth-order valence-electron chi connectivity index (χ4n) is 1.52. The van der Waals surface area contributed by atoms with E-state index in [9.17, 15) is 4.39 Å². The lowest BCUT2D eigenvalue weighted by molar-refractivity contribution is 0.150. The van der Waals surface area contributed by atoms with E-state index in [0.29, 0.717) is 13.2 Å². The van der Waals surface area contributed by atoms with Gasteiger partial charge in [-0.05, 0) is 18.6 Å². The minimum Gasteiger partial charge on any atom is -0.489 e. The average molecular weight is 211 g/mol. The number of hydrogen-bond donors (Lipinski definition) is 1. The Morgan fingerprint density at radius 3 is 2.93 bits per heavy atom. The largest absolute Gasteiger partial charge is 0.489 e.